The highest BCUT2D eigenvalue weighted by Crippen LogP contribution is 2.14. The Labute approximate surface area is 112 Å². The van der Waals surface area contributed by atoms with Gasteiger partial charge in [-0.3, -0.25) is 4.99 Å². The predicted molar refractivity (Wildman–Crippen MR) is 79.1 cm³/mol. The topological polar surface area (TPSA) is 38.4 Å². The quantitative estimate of drug-likeness (QED) is 0.518. The molecule has 0 saturated heterocycles. The molecule has 0 fully saturated rings. The zero-order valence-corrected chi connectivity index (χ0v) is 11.2. The van der Waals surface area contributed by atoms with Crippen LogP contribution in [-0.4, -0.2) is 12.1 Å². The van der Waals surface area contributed by atoms with Gasteiger partial charge in [-0.25, -0.2) is 0 Å². The van der Waals surface area contributed by atoms with Crippen molar-refractivity contribution in [2.24, 2.45) is 10.7 Å². The van der Waals surface area contributed by atoms with E-state index in [0.717, 1.165) is 5.56 Å². The van der Waals surface area contributed by atoms with E-state index >= 15 is 0 Å². The van der Waals surface area contributed by atoms with Crippen LogP contribution >= 0.6 is 11.8 Å². The molecule has 2 rings (SSSR count). The number of hydrogen-bond acceptors (Lipinski definition) is 2. The zero-order chi connectivity index (χ0) is 12.8. The van der Waals surface area contributed by atoms with Crippen molar-refractivity contribution in [1.82, 2.24) is 0 Å². The molecular formula is C15H16N2S. The third kappa shape index (κ3) is 3.37. The van der Waals surface area contributed by atoms with Crippen molar-refractivity contribution in [1.29, 1.82) is 0 Å². The highest BCUT2D eigenvalue weighted by atomic mass is 32.2. The molecule has 0 saturated carbocycles. The van der Waals surface area contributed by atoms with Gasteiger partial charge in [0, 0.05) is 10.5 Å². The van der Waals surface area contributed by atoms with E-state index in [4.69, 9.17) is 5.73 Å². The lowest BCUT2D eigenvalue weighted by molar-refractivity contribution is 1.06. The maximum absolute atomic E-state index is 5.98. The molecule has 2 nitrogen and oxygen atoms in total. The average molecular weight is 256 g/mol. The fourth-order valence-corrected chi connectivity index (χ4v) is 2.02. The summed E-state index contributed by atoms with van der Waals surface area (Å²) in [5.41, 5.74) is 8.12. The lowest BCUT2D eigenvalue weighted by Gasteiger charge is -2.03. The van der Waals surface area contributed by atoms with Crippen LogP contribution in [0.3, 0.4) is 0 Å². The maximum atomic E-state index is 5.98. The van der Waals surface area contributed by atoms with Gasteiger partial charge in [-0.1, -0.05) is 42.5 Å². The molecule has 0 aromatic heterocycles. The van der Waals surface area contributed by atoms with E-state index in [1.165, 1.54) is 10.5 Å². The van der Waals surface area contributed by atoms with Crippen LogP contribution < -0.4 is 5.73 Å². The Hall–Kier alpha value is -1.74. The van der Waals surface area contributed by atoms with Gasteiger partial charge < -0.3 is 5.73 Å². The number of nitrogens with two attached hydrogens (primary N) is 1. The monoisotopic (exact) mass is 256 g/mol. The van der Waals surface area contributed by atoms with Crippen molar-refractivity contribution in [2.45, 2.75) is 11.4 Å². The summed E-state index contributed by atoms with van der Waals surface area (Å²) in [4.78, 5) is 5.64. The SMILES string of the molecule is CSc1ccc(C(N)=NCc2ccccc2)cc1. The van der Waals surface area contributed by atoms with E-state index in [0.29, 0.717) is 12.4 Å². The third-order valence-corrected chi connectivity index (χ3v) is 3.40. The number of thioether (sulfide) groups is 1. The molecule has 0 unspecified atom stereocenters. The lowest BCUT2D eigenvalue weighted by Crippen LogP contribution is -2.13. The third-order valence-electron chi connectivity index (χ3n) is 2.66. The second-order valence-electron chi connectivity index (χ2n) is 3.92. The summed E-state index contributed by atoms with van der Waals surface area (Å²) in [5, 5.41) is 0. The Morgan fingerprint density at radius 3 is 2.33 bits per heavy atom. The Morgan fingerprint density at radius 2 is 1.72 bits per heavy atom. The van der Waals surface area contributed by atoms with Crippen molar-refractivity contribution in [3.8, 4) is 0 Å². The highest BCUT2D eigenvalue weighted by molar-refractivity contribution is 7.98. The van der Waals surface area contributed by atoms with Gasteiger partial charge in [0.1, 0.15) is 5.84 Å². The largest absolute Gasteiger partial charge is 0.383 e. The minimum atomic E-state index is 0.589. The summed E-state index contributed by atoms with van der Waals surface area (Å²) < 4.78 is 0. The molecule has 2 N–H and O–H groups in total. The molecule has 0 aliphatic heterocycles. The molecule has 0 spiro atoms. The molecule has 0 atom stereocenters. The molecule has 0 aliphatic rings. The van der Waals surface area contributed by atoms with E-state index in [-0.39, 0.29) is 0 Å². The molecule has 2 aromatic rings. The smallest absolute Gasteiger partial charge is 0.125 e. The fourth-order valence-electron chi connectivity index (χ4n) is 1.61. The second kappa shape index (κ2) is 6.26. The lowest BCUT2D eigenvalue weighted by atomic mass is 10.2. The Kier molecular flexibility index (Phi) is 4.42. The number of benzene rings is 2. The number of nitrogens with zero attached hydrogens (tertiary/aromatic N) is 1. The first kappa shape index (κ1) is 12.7. The van der Waals surface area contributed by atoms with Crippen LogP contribution in [-0.2, 0) is 6.54 Å². The summed E-state index contributed by atoms with van der Waals surface area (Å²) in [5.74, 6) is 0.589. The molecule has 2 aromatic carbocycles. The van der Waals surface area contributed by atoms with Gasteiger partial charge in [0.05, 0.1) is 6.54 Å². The van der Waals surface area contributed by atoms with Gasteiger partial charge in [0.15, 0.2) is 0 Å². The van der Waals surface area contributed by atoms with Gasteiger partial charge in [-0.2, -0.15) is 0 Å². The van der Waals surface area contributed by atoms with Crippen molar-refractivity contribution >= 4 is 17.6 Å². The van der Waals surface area contributed by atoms with Gasteiger partial charge in [0.25, 0.3) is 0 Å². The Bertz CT molecular complexity index is 518. The first-order valence-corrected chi connectivity index (χ1v) is 7.00. The van der Waals surface area contributed by atoms with Gasteiger partial charge in [0.2, 0.25) is 0 Å². The standard InChI is InChI=1S/C15H16N2S/c1-18-14-9-7-13(8-10-14)15(16)17-11-12-5-3-2-4-6-12/h2-10H,11H2,1H3,(H2,16,17). The van der Waals surface area contributed by atoms with E-state index in [1.807, 2.05) is 42.5 Å². The summed E-state index contributed by atoms with van der Waals surface area (Å²) >= 11 is 1.72. The highest BCUT2D eigenvalue weighted by Gasteiger charge is 1.98. The van der Waals surface area contributed by atoms with Crippen LogP contribution in [0.5, 0.6) is 0 Å². The van der Waals surface area contributed by atoms with E-state index < -0.39 is 0 Å². The van der Waals surface area contributed by atoms with Crippen molar-refractivity contribution in [2.75, 3.05) is 6.26 Å². The van der Waals surface area contributed by atoms with Gasteiger partial charge in [-0.05, 0) is 24.0 Å². The molecule has 92 valence electrons. The van der Waals surface area contributed by atoms with Crippen LogP contribution in [0.1, 0.15) is 11.1 Å². The Balaban J connectivity index is 2.08. The molecule has 3 heteroatoms. The number of amidine groups is 1. The van der Waals surface area contributed by atoms with Crippen LogP contribution in [0.2, 0.25) is 0 Å². The summed E-state index contributed by atoms with van der Waals surface area (Å²) in [7, 11) is 0. The first-order valence-electron chi connectivity index (χ1n) is 5.78. The number of aliphatic imine (C=N–C) groups is 1. The van der Waals surface area contributed by atoms with E-state index in [9.17, 15) is 0 Å². The van der Waals surface area contributed by atoms with Crippen LogP contribution in [0.4, 0.5) is 0 Å². The van der Waals surface area contributed by atoms with Crippen LogP contribution in [0.15, 0.2) is 64.5 Å². The predicted octanol–water partition coefficient (Wildman–Crippen LogP) is 3.31. The van der Waals surface area contributed by atoms with Crippen LogP contribution in [0.25, 0.3) is 0 Å². The van der Waals surface area contributed by atoms with Crippen molar-refractivity contribution < 1.29 is 0 Å². The minimum Gasteiger partial charge on any atom is -0.383 e. The van der Waals surface area contributed by atoms with Crippen molar-refractivity contribution in [3.63, 3.8) is 0 Å². The van der Waals surface area contributed by atoms with Gasteiger partial charge >= 0.3 is 0 Å². The molecule has 0 heterocycles. The summed E-state index contributed by atoms with van der Waals surface area (Å²) in [6.45, 7) is 0.622. The average Bonchev–Trinajstić information content (AvgIpc) is 2.46. The summed E-state index contributed by atoms with van der Waals surface area (Å²) in [6.07, 6.45) is 2.06. The zero-order valence-electron chi connectivity index (χ0n) is 10.3. The number of rotatable bonds is 4. The normalized spacial score (nSPS) is 11.5. The minimum absolute atomic E-state index is 0.589. The maximum Gasteiger partial charge on any atom is 0.125 e. The molecule has 0 amide bonds. The molecule has 0 bridgehead atoms. The second-order valence-corrected chi connectivity index (χ2v) is 4.80. The van der Waals surface area contributed by atoms with E-state index in [1.54, 1.807) is 11.8 Å². The number of hydrogen-bond donors (Lipinski definition) is 1. The molecular weight excluding hydrogens is 240 g/mol. The van der Waals surface area contributed by atoms with Gasteiger partial charge in [-0.15, -0.1) is 11.8 Å². The molecule has 0 aliphatic carbocycles. The van der Waals surface area contributed by atoms with Crippen molar-refractivity contribution in [3.05, 3.63) is 65.7 Å². The molecule has 0 radical (unpaired) electrons. The molecule has 18 heavy (non-hydrogen) atoms. The first-order chi connectivity index (χ1) is 8.79. The van der Waals surface area contributed by atoms with Crippen LogP contribution in [0, 0.1) is 0 Å². The Morgan fingerprint density at radius 1 is 1.06 bits per heavy atom. The van der Waals surface area contributed by atoms with E-state index in [2.05, 4.69) is 23.4 Å². The summed E-state index contributed by atoms with van der Waals surface area (Å²) in [6, 6.07) is 18.3. The fraction of sp³-hybridized carbons (Fsp3) is 0.133.